The normalized spacial score (nSPS) is 17.4. The number of carbonyl (C=O) groups is 1. The van der Waals surface area contributed by atoms with Crippen LogP contribution in [0.4, 0.5) is 10.1 Å². The zero-order valence-corrected chi connectivity index (χ0v) is 12.8. The van der Waals surface area contributed by atoms with Crippen LogP contribution in [0.25, 0.3) is 0 Å². The highest BCUT2D eigenvalue weighted by molar-refractivity contribution is 6.04. The summed E-state index contributed by atoms with van der Waals surface area (Å²) in [6.45, 7) is 2.84. The van der Waals surface area contributed by atoms with Crippen LogP contribution in [0, 0.1) is 5.82 Å². The van der Waals surface area contributed by atoms with Gasteiger partial charge in [-0.2, -0.15) is 0 Å². The molecule has 0 fully saturated rings. The summed E-state index contributed by atoms with van der Waals surface area (Å²) >= 11 is 0. The largest absolute Gasteiger partial charge is 0.316 e. The number of fused-ring (bicyclic) bond motifs is 1. The second-order valence-corrected chi connectivity index (χ2v) is 5.79. The van der Waals surface area contributed by atoms with Gasteiger partial charge in [0.05, 0.1) is 5.69 Å². The van der Waals surface area contributed by atoms with Gasteiger partial charge in [-0.25, -0.2) is 4.39 Å². The van der Waals surface area contributed by atoms with E-state index in [1.807, 2.05) is 0 Å². The number of carbonyl (C=O) groups excluding carboxylic acids is 1. The van der Waals surface area contributed by atoms with Crippen LogP contribution in [0.5, 0.6) is 0 Å². The van der Waals surface area contributed by atoms with E-state index < -0.39 is 6.04 Å². The summed E-state index contributed by atoms with van der Waals surface area (Å²) in [5.41, 5.74) is 7.29. The first-order chi connectivity index (χ1) is 10.1. The van der Waals surface area contributed by atoms with Crippen molar-refractivity contribution in [2.45, 2.75) is 57.9 Å². The van der Waals surface area contributed by atoms with E-state index >= 15 is 0 Å². The molecule has 0 aromatic heterocycles. The van der Waals surface area contributed by atoms with Gasteiger partial charge < -0.3 is 10.6 Å². The molecule has 0 radical (unpaired) electrons. The molecule has 1 unspecified atom stereocenters. The Hall–Kier alpha value is -1.42. The minimum Gasteiger partial charge on any atom is -0.316 e. The fourth-order valence-electron chi connectivity index (χ4n) is 2.89. The lowest BCUT2D eigenvalue weighted by atomic mass is 10.1. The minimum absolute atomic E-state index is 0.110. The van der Waals surface area contributed by atoms with Crippen LogP contribution in [0.2, 0.25) is 0 Å². The highest BCUT2D eigenvalue weighted by Crippen LogP contribution is 2.35. The molecule has 0 saturated heterocycles. The summed E-state index contributed by atoms with van der Waals surface area (Å²) < 4.78 is 13.4. The summed E-state index contributed by atoms with van der Waals surface area (Å²) in [5.74, 6) is -0.429. The minimum atomic E-state index is -0.634. The molecular formula is C17H25FN2O. The Bertz CT molecular complexity index is 490. The number of unbranched alkanes of at least 4 members (excludes halogenated alkanes) is 6. The highest BCUT2D eigenvalue weighted by Gasteiger charge is 2.34. The SMILES string of the molecule is CCCCCCCCCN1C(=O)C(N)c2ccc(F)cc21. The van der Waals surface area contributed by atoms with E-state index in [1.165, 1.54) is 44.2 Å². The summed E-state index contributed by atoms with van der Waals surface area (Å²) in [6.07, 6.45) is 8.34. The highest BCUT2D eigenvalue weighted by atomic mass is 19.1. The van der Waals surface area contributed by atoms with Crippen molar-refractivity contribution in [1.82, 2.24) is 0 Å². The van der Waals surface area contributed by atoms with Crippen LogP contribution in [0.1, 0.15) is 63.5 Å². The standard InChI is InChI=1S/C17H25FN2O/c1-2-3-4-5-6-7-8-11-20-15-12-13(18)9-10-14(15)16(19)17(20)21/h9-10,12,16H,2-8,11,19H2,1H3. The maximum atomic E-state index is 13.4. The number of hydrogen-bond acceptors (Lipinski definition) is 2. The fourth-order valence-corrected chi connectivity index (χ4v) is 2.89. The zero-order valence-electron chi connectivity index (χ0n) is 12.8. The molecule has 0 saturated carbocycles. The molecule has 1 aromatic carbocycles. The third-order valence-electron chi connectivity index (χ3n) is 4.14. The van der Waals surface area contributed by atoms with Crippen LogP contribution in [0.3, 0.4) is 0 Å². The Morgan fingerprint density at radius 2 is 1.81 bits per heavy atom. The van der Waals surface area contributed by atoms with Crippen LogP contribution >= 0.6 is 0 Å². The van der Waals surface area contributed by atoms with E-state index in [2.05, 4.69) is 6.92 Å². The van der Waals surface area contributed by atoms with Gasteiger partial charge >= 0.3 is 0 Å². The molecule has 3 nitrogen and oxygen atoms in total. The first-order valence-electron chi connectivity index (χ1n) is 8.01. The van der Waals surface area contributed by atoms with E-state index in [1.54, 1.807) is 11.0 Å². The Balaban J connectivity index is 1.84. The monoisotopic (exact) mass is 292 g/mol. The average molecular weight is 292 g/mol. The first kappa shape index (κ1) is 16.0. The Morgan fingerprint density at radius 1 is 1.14 bits per heavy atom. The smallest absolute Gasteiger partial charge is 0.248 e. The van der Waals surface area contributed by atoms with Crippen LogP contribution in [0.15, 0.2) is 18.2 Å². The van der Waals surface area contributed by atoms with Crippen molar-refractivity contribution in [3.63, 3.8) is 0 Å². The first-order valence-corrected chi connectivity index (χ1v) is 8.01. The summed E-state index contributed by atoms with van der Waals surface area (Å²) in [5, 5.41) is 0. The maximum absolute atomic E-state index is 13.4. The lowest BCUT2D eigenvalue weighted by Crippen LogP contribution is -2.32. The second kappa shape index (κ2) is 7.55. The van der Waals surface area contributed by atoms with Gasteiger partial charge in [0.25, 0.3) is 0 Å². The molecule has 1 atom stereocenters. The molecule has 1 aliphatic rings. The molecule has 2 N–H and O–H groups in total. The van der Waals surface area contributed by atoms with Crippen LogP contribution < -0.4 is 10.6 Å². The van der Waals surface area contributed by atoms with Gasteiger partial charge in [0.1, 0.15) is 11.9 Å². The second-order valence-electron chi connectivity index (χ2n) is 5.79. The molecule has 0 spiro atoms. The van der Waals surface area contributed by atoms with Crippen molar-refractivity contribution in [2.24, 2.45) is 5.73 Å². The molecule has 21 heavy (non-hydrogen) atoms. The van der Waals surface area contributed by atoms with Gasteiger partial charge in [-0.15, -0.1) is 0 Å². The Morgan fingerprint density at radius 3 is 2.52 bits per heavy atom. The van der Waals surface area contributed by atoms with Gasteiger partial charge in [-0.3, -0.25) is 4.79 Å². The molecule has 116 valence electrons. The lowest BCUT2D eigenvalue weighted by molar-refractivity contribution is -0.119. The Labute approximate surface area is 126 Å². The molecule has 1 amide bonds. The summed E-state index contributed by atoms with van der Waals surface area (Å²) in [7, 11) is 0. The Kier molecular flexibility index (Phi) is 5.74. The van der Waals surface area contributed by atoms with Crippen LogP contribution in [-0.2, 0) is 4.79 Å². The summed E-state index contributed by atoms with van der Waals surface area (Å²) in [6, 6.07) is 3.77. The van der Waals surface area contributed by atoms with Gasteiger partial charge in [0.2, 0.25) is 5.91 Å². The molecule has 1 heterocycles. The number of anilines is 1. The van der Waals surface area contributed by atoms with E-state index in [0.29, 0.717) is 12.2 Å². The van der Waals surface area contributed by atoms with Crippen molar-refractivity contribution >= 4 is 11.6 Å². The van der Waals surface area contributed by atoms with Crippen molar-refractivity contribution < 1.29 is 9.18 Å². The van der Waals surface area contributed by atoms with Crippen molar-refractivity contribution in [1.29, 1.82) is 0 Å². The lowest BCUT2D eigenvalue weighted by Gasteiger charge is -2.17. The summed E-state index contributed by atoms with van der Waals surface area (Å²) in [4.78, 5) is 13.8. The van der Waals surface area contributed by atoms with Gasteiger partial charge in [-0.1, -0.05) is 51.5 Å². The van der Waals surface area contributed by atoms with Crippen molar-refractivity contribution in [3.05, 3.63) is 29.6 Å². The molecular weight excluding hydrogens is 267 g/mol. The third kappa shape index (κ3) is 3.82. The van der Waals surface area contributed by atoms with E-state index in [-0.39, 0.29) is 11.7 Å². The van der Waals surface area contributed by atoms with E-state index in [9.17, 15) is 9.18 Å². The quantitative estimate of drug-likeness (QED) is 0.738. The predicted octanol–water partition coefficient (Wildman–Crippen LogP) is 3.92. The van der Waals surface area contributed by atoms with Gasteiger partial charge in [0, 0.05) is 12.1 Å². The molecule has 4 heteroatoms. The molecule has 1 aromatic rings. The number of nitrogens with two attached hydrogens (primary N) is 1. The molecule has 2 rings (SSSR count). The van der Waals surface area contributed by atoms with Crippen LogP contribution in [-0.4, -0.2) is 12.5 Å². The van der Waals surface area contributed by atoms with E-state index in [0.717, 1.165) is 18.4 Å². The number of amides is 1. The molecule has 1 aliphatic heterocycles. The number of benzene rings is 1. The number of hydrogen-bond donors (Lipinski definition) is 1. The molecule has 0 aliphatic carbocycles. The number of rotatable bonds is 8. The third-order valence-corrected chi connectivity index (χ3v) is 4.14. The topological polar surface area (TPSA) is 46.3 Å². The van der Waals surface area contributed by atoms with Gasteiger partial charge in [0.15, 0.2) is 0 Å². The fraction of sp³-hybridized carbons (Fsp3) is 0.588. The number of halogens is 1. The van der Waals surface area contributed by atoms with Gasteiger partial charge in [-0.05, 0) is 18.6 Å². The predicted molar refractivity (Wildman–Crippen MR) is 83.7 cm³/mol. The molecule has 0 bridgehead atoms. The maximum Gasteiger partial charge on any atom is 0.248 e. The van der Waals surface area contributed by atoms with Crippen molar-refractivity contribution in [3.8, 4) is 0 Å². The van der Waals surface area contributed by atoms with Crippen molar-refractivity contribution in [2.75, 3.05) is 11.4 Å². The average Bonchev–Trinajstić information content (AvgIpc) is 2.70. The zero-order chi connectivity index (χ0) is 15.2. The number of nitrogens with zero attached hydrogens (tertiary/aromatic N) is 1. The van der Waals surface area contributed by atoms with E-state index in [4.69, 9.17) is 5.73 Å².